The molecule has 3 aliphatic heterocycles. The van der Waals surface area contributed by atoms with Crippen molar-refractivity contribution in [1.29, 1.82) is 0 Å². The van der Waals surface area contributed by atoms with Gasteiger partial charge in [0.1, 0.15) is 0 Å². The van der Waals surface area contributed by atoms with Crippen molar-refractivity contribution in [1.82, 2.24) is 20.4 Å². The van der Waals surface area contributed by atoms with Gasteiger partial charge in [-0.3, -0.25) is 14.7 Å². The number of nitrogens with zero attached hydrogens (tertiary/aromatic N) is 3. The topological polar surface area (TPSA) is 60.0 Å². The Morgan fingerprint density at radius 3 is 2.85 bits per heavy atom. The predicted molar refractivity (Wildman–Crippen MR) is 117 cm³/mol. The van der Waals surface area contributed by atoms with E-state index in [-0.39, 0.29) is 35.3 Å². The van der Waals surface area contributed by atoms with Crippen LogP contribution in [0.5, 0.6) is 0 Å². The molecule has 3 rings (SSSR count). The zero-order valence-electron chi connectivity index (χ0n) is 16.6. The molecule has 0 saturated carbocycles. The van der Waals surface area contributed by atoms with Crippen LogP contribution in [0.25, 0.3) is 0 Å². The maximum Gasteiger partial charge on any atom is 0.220 e. The molecular weight excluding hydrogens is 441 g/mol. The van der Waals surface area contributed by atoms with Crippen LogP contribution in [0.15, 0.2) is 4.99 Å². The molecule has 3 fully saturated rings. The standard InChI is InChI=1S/C19H35N5O.HI/c1-15-7-4-5-10-24(15)16(2)12-21-18(20-3)23-9-6-8-19(14-23)11-17(25)22-13-19;/h15-16H,4-14H2,1-3H3,(H,20,21)(H,22,25);1H. The van der Waals surface area contributed by atoms with Crippen molar-refractivity contribution in [3.05, 3.63) is 0 Å². The molecule has 3 unspecified atom stereocenters. The Bertz CT molecular complexity index is 514. The van der Waals surface area contributed by atoms with E-state index >= 15 is 0 Å². The van der Waals surface area contributed by atoms with Crippen LogP contribution >= 0.6 is 24.0 Å². The molecule has 1 spiro atoms. The Balaban J connectivity index is 0.00000243. The number of carbonyl (C=O) groups excluding carboxylic acids is 1. The molecule has 3 atom stereocenters. The van der Waals surface area contributed by atoms with E-state index in [2.05, 4.69) is 39.3 Å². The third kappa shape index (κ3) is 5.03. The van der Waals surface area contributed by atoms with E-state index in [9.17, 15) is 4.79 Å². The van der Waals surface area contributed by atoms with Gasteiger partial charge < -0.3 is 15.5 Å². The van der Waals surface area contributed by atoms with E-state index < -0.39 is 0 Å². The fourth-order valence-electron chi connectivity index (χ4n) is 4.89. The smallest absolute Gasteiger partial charge is 0.220 e. The highest BCUT2D eigenvalue weighted by molar-refractivity contribution is 14.0. The van der Waals surface area contributed by atoms with Crippen LogP contribution in [0.4, 0.5) is 0 Å². The number of likely N-dealkylation sites (tertiary alicyclic amines) is 2. The molecular formula is C19H36IN5O. The molecule has 0 aromatic rings. The zero-order valence-corrected chi connectivity index (χ0v) is 18.9. The number of amides is 1. The average molecular weight is 477 g/mol. The highest BCUT2D eigenvalue weighted by atomic mass is 127. The predicted octanol–water partition coefficient (Wildman–Crippen LogP) is 2.04. The van der Waals surface area contributed by atoms with Crippen LogP contribution in [0.2, 0.25) is 0 Å². The SMILES string of the molecule is CN=C(NCC(C)N1CCCCC1C)N1CCCC2(CNC(=O)C2)C1.I. The summed E-state index contributed by atoms with van der Waals surface area (Å²) in [7, 11) is 1.87. The average Bonchev–Trinajstić information content (AvgIpc) is 2.95. The number of piperidine rings is 2. The van der Waals surface area contributed by atoms with Crippen molar-refractivity contribution >= 4 is 35.8 Å². The molecule has 26 heavy (non-hydrogen) atoms. The Morgan fingerprint density at radius 2 is 2.19 bits per heavy atom. The fourth-order valence-corrected chi connectivity index (χ4v) is 4.89. The van der Waals surface area contributed by atoms with Gasteiger partial charge in [-0.25, -0.2) is 0 Å². The largest absolute Gasteiger partial charge is 0.355 e. The lowest BCUT2D eigenvalue weighted by Crippen LogP contribution is -2.54. The van der Waals surface area contributed by atoms with E-state index in [0.717, 1.165) is 45.0 Å². The van der Waals surface area contributed by atoms with E-state index in [1.807, 2.05) is 7.05 Å². The Morgan fingerprint density at radius 1 is 1.38 bits per heavy atom. The lowest BCUT2D eigenvalue weighted by Gasteiger charge is -2.42. The molecule has 3 heterocycles. The maximum atomic E-state index is 11.7. The van der Waals surface area contributed by atoms with Crippen LogP contribution in [0, 0.1) is 5.41 Å². The van der Waals surface area contributed by atoms with Gasteiger partial charge in [-0.2, -0.15) is 0 Å². The summed E-state index contributed by atoms with van der Waals surface area (Å²) in [4.78, 5) is 21.2. The number of rotatable bonds is 3. The first-order chi connectivity index (χ1) is 12.0. The third-order valence-corrected chi connectivity index (χ3v) is 6.34. The number of guanidine groups is 1. The molecule has 150 valence electrons. The number of hydrogen-bond acceptors (Lipinski definition) is 3. The summed E-state index contributed by atoms with van der Waals surface area (Å²) in [5, 5.41) is 6.63. The molecule has 7 heteroatoms. The van der Waals surface area contributed by atoms with E-state index in [1.165, 1.54) is 25.8 Å². The zero-order chi connectivity index (χ0) is 17.9. The van der Waals surface area contributed by atoms with Gasteiger partial charge in [0.25, 0.3) is 0 Å². The normalized spacial score (nSPS) is 31.5. The Labute approximate surface area is 175 Å². The summed E-state index contributed by atoms with van der Waals surface area (Å²) in [5.41, 5.74) is 0.111. The first-order valence-corrected chi connectivity index (χ1v) is 10.0. The van der Waals surface area contributed by atoms with Gasteiger partial charge in [0.2, 0.25) is 5.91 Å². The highest BCUT2D eigenvalue weighted by Crippen LogP contribution is 2.36. The van der Waals surface area contributed by atoms with Crippen molar-refractivity contribution in [3.8, 4) is 0 Å². The van der Waals surface area contributed by atoms with Gasteiger partial charge in [0.15, 0.2) is 5.96 Å². The first kappa shape index (κ1) is 21.7. The number of carbonyl (C=O) groups is 1. The van der Waals surface area contributed by atoms with Gasteiger partial charge in [0, 0.05) is 57.1 Å². The van der Waals surface area contributed by atoms with Crippen LogP contribution in [0.1, 0.15) is 52.4 Å². The van der Waals surface area contributed by atoms with Crippen LogP contribution in [0.3, 0.4) is 0 Å². The van der Waals surface area contributed by atoms with Gasteiger partial charge in [-0.05, 0) is 46.1 Å². The molecule has 2 N–H and O–H groups in total. The summed E-state index contributed by atoms with van der Waals surface area (Å²) >= 11 is 0. The summed E-state index contributed by atoms with van der Waals surface area (Å²) in [5.74, 6) is 1.20. The molecule has 1 amide bonds. The summed E-state index contributed by atoms with van der Waals surface area (Å²) in [6.45, 7) is 9.59. The Hall–Kier alpha value is -0.570. The first-order valence-electron chi connectivity index (χ1n) is 10.0. The minimum atomic E-state index is 0. The molecule has 0 aliphatic carbocycles. The van der Waals surface area contributed by atoms with Crippen LogP contribution in [-0.4, -0.2) is 73.5 Å². The maximum absolute atomic E-state index is 11.7. The van der Waals surface area contributed by atoms with Crippen molar-refractivity contribution in [2.75, 3.05) is 39.8 Å². The van der Waals surface area contributed by atoms with Crippen molar-refractivity contribution in [2.24, 2.45) is 10.4 Å². The monoisotopic (exact) mass is 477 g/mol. The lowest BCUT2D eigenvalue weighted by molar-refractivity contribution is -0.119. The molecule has 3 saturated heterocycles. The second-order valence-electron chi connectivity index (χ2n) is 8.34. The molecule has 6 nitrogen and oxygen atoms in total. The van der Waals surface area contributed by atoms with E-state index in [1.54, 1.807) is 0 Å². The molecule has 3 aliphatic rings. The van der Waals surface area contributed by atoms with Crippen LogP contribution < -0.4 is 10.6 Å². The third-order valence-electron chi connectivity index (χ3n) is 6.34. The fraction of sp³-hybridized carbons (Fsp3) is 0.895. The van der Waals surface area contributed by atoms with Gasteiger partial charge >= 0.3 is 0 Å². The molecule has 0 aromatic heterocycles. The molecule has 0 bridgehead atoms. The quantitative estimate of drug-likeness (QED) is 0.371. The van der Waals surface area contributed by atoms with Crippen molar-refractivity contribution in [3.63, 3.8) is 0 Å². The summed E-state index contributed by atoms with van der Waals surface area (Å²) in [6, 6.07) is 1.20. The molecule has 0 aromatic carbocycles. The summed E-state index contributed by atoms with van der Waals surface area (Å²) < 4.78 is 0. The lowest BCUT2D eigenvalue weighted by atomic mass is 9.79. The van der Waals surface area contributed by atoms with E-state index in [0.29, 0.717) is 18.5 Å². The second kappa shape index (κ2) is 9.57. The highest BCUT2D eigenvalue weighted by Gasteiger charge is 2.42. The minimum Gasteiger partial charge on any atom is -0.355 e. The van der Waals surface area contributed by atoms with Crippen LogP contribution in [-0.2, 0) is 4.79 Å². The number of nitrogens with one attached hydrogen (secondary N) is 2. The van der Waals surface area contributed by atoms with Gasteiger partial charge in [0.05, 0.1) is 0 Å². The number of hydrogen-bond donors (Lipinski definition) is 2. The minimum absolute atomic E-state index is 0. The van der Waals surface area contributed by atoms with Crippen molar-refractivity contribution in [2.45, 2.75) is 64.5 Å². The van der Waals surface area contributed by atoms with Gasteiger partial charge in [-0.1, -0.05) is 6.42 Å². The van der Waals surface area contributed by atoms with Crippen molar-refractivity contribution < 1.29 is 4.79 Å². The van der Waals surface area contributed by atoms with E-state index in [4.69, 9.17) is 0 Å². The Kier molecular flexibility index (Phi) is 8.00. The molecule has 0 radical (unpaired) electrons. The number of aliphatic imine (C=N–C) groups is 1. The number of halogens is 1. The summed E-state index contributed by atoms with van der Waals surface area (Å²) in [6.07, 6.45) is 6.94. The van der Waals surface area contributed by atoms with Gasteiger partial charge in [-0.15, -0.1) is 24.0 Å². The second-order valence-corrected chi connectivity index (χ2v) is 8.34.